The summed E-state index contributed by atoms with van der Waals surface area (Å²) in [5.74, 6) is 0.153. The van der Waals surface area contributed by atoms with Crippen molar-refractivity contribution in [1.29, 1.82) is 0 Å². The van der Waals surface area contributed by atoms with Crippen molar-refractivity contribution in [2.45, 2.75) is 6.92 Å². The predicted octanol–water partition coefficient (Wildman–Crippen LogP) is 3.31. The zero-order chi connectivity index (χ0) is 12.5. The Bertz CT molecular complexity index is 723. The Hall–Kier alpha value is -2.42. The third-order valence-corrected chi connectivity index (χ3v) is 2.94. The molecule has 0 amide bonds. The van der Waals surface area contributed by atoms with Gasteiger partial charge in [-0.25, -0.2) is 4.98 Å². The molecule has 88 valence electrons. The van der Waals surface area contributed by atoms with Gasteiger partial charge >= 0.3 is 0 Å². The first kappa shape index (κ1) is 10.7. The molecule has 3 heteroatoms. The van der Waals surface area contributed by atoms with E-state index in [1.807, 2.05) is 24.3 Å². The number of hydrogen-bond donors (Lipinski definition) is 1. The van der Waals surface area contributed by atoms with Crippen molar-refractivity contribution in [1.82, 2.24) is 9.97 Å². The van der Waals surface area contributed by atoms with E-state index in [4.69, 9.17) is 0 Å². The number of aromatic hydroxyl groups is 1. The molecule has 0 aliphatic rings. The van der Waals surface area contributed by atoms with Crippen LogP contribution in [0.3, 0.4) is 0 Å². The van der Waals surface area contributed by atoms with E-state index in [9.17, 15) is 5.11 Å². The summed E-state index contributed by atoms with van der Waals surface area (Å²) in [4.78, 5) is 8.58. The fourth-order valence-corrected chi connectivity index (χ4v) is 2.07. The molecular weight excluding hydrogens is 224 g/mol. The van der Waals surface area contributed by atoms with Gasteiger partial charge in [0, 0.05) is 17.1 Å². The minimum Gasteiger partial charge on any atom is -0.506 e. The molecule has 0 radical (unpaired) electrons. The maximum absolute atomic E-state index is 9.47. The van der Waals surface area contributed by atoms with E-state index in [0.717, 1.165) is 22.2 Å². The molecule has 0 aliphatic carbocycles. The van der Waals surface area contributed by atoms with Gasteiger partial charge in [0.25, 0.3) is 0 Å². The van der Waals surface area contributed by atoms with E-state index in [1.54, 1.807) is 12.3 Å². The number of aryl methyl sites for hydroxylation is 1. The predicted molar refractivity (Wildman–Crippen MR) is 71.4 cm³/mol. The van der Waals surface area contributed by atoms with Crippen molar-refractivity contribution in [2.24, 2.45) is 0 Å². The highest BCUT2D eigenvalue weighted by molar-refractivity contribution is 5.84. The highest BCUT2D eigenvalue weighted by Crippen LogP contribution is 2.25. The van der Waals surface area contributed by atoms with Crippen LogP contribution in [-0.4, -0.2) is 15.1 Å². The van der Waals surface area contributed by atoms with Crippen molar-refractivity contribution in [3.63, 3.8) is 0 Å². The number of benzene rings is 1. The standard InChI is InChI=1S/C15H12N2O/c1-10-6-15(11-7-12(18)9-16-8-11)17-14-5-3-2-4-13(10)14/h2-9,18H,1H3. The average molecular weight is 236 g/mol. The Labute approximate surface area is 105 Å². The normalized spacial score (nSPS) is 10.7. The zero-order valence-electron chi connectivity index (χ0n) is 9.96. The summed E-state index contributed by atoms with van der Waals surface area (Å²) in [5, 5.41) is 10.6. The number of fused-ring (bicyclic) bond motifs is 1. The number of aromatic nitrogens is 2. The smallest absolute Gasteiger partial charge is 0.134 e. The second kappa shape index (κ2) is 4.11. The topological polar surface area (TPSA) is 46.0 Å². The highest BCUT2D eigenvalue weighted by Gasteiger charge is 2.05. The van der Waals surface area contributed by atoms with Gasteiger partial charge in [-0.15, -0.1) is 0 Å². The van der Waals surface area contributed by atoms with Crippen LogP contribution >= 0.6 is 0 Å². The van der Waals surface area contributed by atoms with Crippen molar-refractivity contribution >= 4 is 10.9 Å². The largest absolute Gasteiger partial charge is 0.506 e. The molecule has 0 aliphatic heterocycles. The van der Waals surface area contributed by atoms with Gasteiger partial charge in [0.05, 0.1) is 17.4 Å². The van der Waals surface area contributed by atoms with Crippen LogP contribution in [0.25, 0.3) is 22.2 Å². The molecule has 0 unspecified atom stereocenters. The lowest BCUT2D eigenvalue weighted by atomic mass is 10.1. The number of pyridine rings is 2. The Morgan fingerprint density at radius 1 is 1.06 bits per heavy atom. The number of hydrogen-bond acceptors (Lipinski definition) is 3. The lowest BCUT2D eigenvalue weighted by Gasteiger charge is -2.06. The van der Waals surface area contributed by atoms with Gasteiger partial charge in [-0.2, -0.15) is 0 Å². The summed E-state index contributed by atoms with van der Waals surface area (Å²) in [6.07, 6.45) is 3.12. The first-order valence-electron chi connectivity index (χ1n) is 5.75. The highest BCUT2D eigenvalue weighted by atomic mass is 16.3. The molecule has 0 saturated carbocycles. The van der Waals surface area contributed by atoms with E-state index < -0.39 is 0 Å². The van der Waals surface area contributed by atoms with Crippen molar-refractivity contribution in [2.75, 3.05) is 0 Å². The quantitative estimate of drug-likeness (QED) is 0.705. The molecule has 0 bridgehead atoms. The van der Waals surface area contributed by atoms with Gasteiger partial charge in [0.1, 0.15) is 5.75 Å². The molecule has 18 heavy (non-hydrogen) atoms. The number of para-hydroxylation sites is 1. The van der Waals surface area contributed by atoms with Gasteiger partial charge in [-0.1, -0.05) is 18.2 Å². The van der Waals surface area contributed by atoms with Crippen LogP contribution in [0, 0.1) is 6.92 Å². The van der Waals surface area contributed by atoms with E-state index in [2.05, 4.69) is 23.0 Å². The zero-order valence-corrected chi connectivity index (χ0v) is 9.96. The Balaban J connectivity index is 2.24. The van der Waals surface area contributed by atoms with E-state index in [1.165, 1.54) is 11.8 Å². The van der Waals surface area contributed by atoms with Gasteiger partial charge < -0.3 is 5.11 Å². The summed E-state index contributed by atoms with van der Waals surface area (Å²) >= 11 is 0. The number of nitrogens with zero attached hydrogens (tertiary/aromatic N) is 2. The Kier molecular flexibility index (Phi) is 2.45. The molecule has 2 aromatic heterocycles. The van der Waals surface area contributed by atoms with Crippen LogP contribution < -0.4 is 0 Å². The fraction of sp³-hybridized carbons (Fsp3) is 0.0667. The summed E-state index contributed by atoms with van der Waals surface area (Å²) < 4.78 is 0. The lowest BCUT2D eigenvalue weighted by Crippen LogP contribution is -1.89. The molecule has 1 aromatic carbocycles. The first-order valence-corrected chi connectivity index (χ1v) is 5.75. The molecular formula is C15H12N2O. The average Bonchev–Trinajstić information content (AvgIpc) is 2.39. The van der Waals surface area contributed by atoms with Crippen molar-refractivity contribution in [3.8, 4) is 17.0 Å². The van der Waals surface area contributed by atoms with Gasteiger partial charge in [-0.05, 0) is 30.7 Å². The van der Waals surface area contributed by atoms with Crippen LogP contribution in [0.5, 0.6) is 5.75 Å². The summed E-state index contributed by atoms with van der Waals surface area (Å²) in [6.45, 7) is 2.06. The van der Waals surface area contributed by atoms with E-state index in [0.29, 0.717) is 0 Å². The van der Waals surface area contributed by atoms with Crippen LogP contribution in [0.1, 0.15) is 5.56 Å². The van der Waals surface area contributed by atoms with Gasteiger partial charge in [-0.3, -0.25) is 4.98 Å². The number of rotatable bonds is 1. The maximum Gasteiger partial charge on any atom is 0.134 e. The molecule has 0 atom stereocenters. The monoisotopic (exact) mass is 236 g/mol. The van der Waals surface area contributed by atoms with Gasteiger partial charge in [0.2, 0.25) is 0 Å². The molecule has 0 saturated heterocycles. The van der Waals surface area contributed by atoms with Crippen LogP contribution in [0.4, 0.5) is 0 Å². The summed E-state index contributed by atoms with van der Waals surface area (Å²) in [6, 6.07) is 11.7. The molecule has 1 N–H and O–H groups in total. The van der Waals surface area contributed by atoms with Crippen molar-refractivity contribution in [3.05, 3.63) is 54.4 Å². The molecule has 2 heterocycles. The minimum absolute atomic E-state index is 0.153. The second-order valence-electron chi connectivity index (χ2n) is 4.27. The molecule has 3 aromatic rings. The van der Waals surface area contributed by atoms with Crippen molar-refractivity contribution < 1.29 is 5.11 Å². The maximum atomic E-state index is 9.47. The fourth-order valence-electron chi connectivity index (χ4n) is 2.07. The molecule has 3 nitrogen and oxygen atoms in total. The van der Waals surface area contributed by atoms with Crippen LogP contribution in [-0.2, 0) is 0 Å². The first-order chi connectivity index (χ1) is 8.74. The van der Waals surface area contributed by atoms with E-state index in [-0.39, 0.29) is 5.75 Å². The second-order valence-corrected chi connectivity index (χ2v) is 4.27. The van der Waals surface area contributed by atoms with E-state index >= 15 is 0 Å². The minimum atomic E-state index is 0.153. The summed E-state index contributed by atoms with van der Waals surface area (Å²) in [7, 11) is 0. The summed E-state index contributed by atoms with van der Waals surface area (Å²) in [5.41, 5.74) is 3.77. The molecule has 0 fully saturated rings. The van der Waals surface area contributed by atoms with Crippen LogP contribution in [0.2, 0.25) is 0 Å². The Morgan fingerprint density at radius 2 is 1.89 bits per heavy atom. The van der Waals surface area contributed by atoms with Gasteiger partial charge in [0.15, 0.2) is 0 Å². The molecule has 3 rings (SSSR count). The third kappa shape index (κ3) is 1.80. The third-order valence-electron chi connectivity index (χ3n) is 2.94. The molecule has 0 spiro atoms. The Morgan fingerprint density at radius 3 is 2.72 bits per heavy atom. The van der Waals surface area contributed by atoms with Crippen LogP contribution in [0.15, 0.2) is 48.8 Å². The SMILES string of the molecule is Cc1cc(-c2cncc(O)c2)nc2ccccc12. The lowest BCUT2D eigenvalue weighted by molar-refractivity contribution is 0.473.